The Labute approximate surface area is 126 Å². The van der Waals surface area contributed by atoms with Crippen molar-refractivity contribution in [2.24, 2.45) is 0 Å². The second kappa shape index (κ2) is 7.88. The van der Waals surface area contributed by atoms with E-state index in [1.807, 2.05) is 45.9 Å². The molecule has 0 atom stereocenters. The van der Waals surface area contributed by atoms with Crippen molar-refractivity contribution in [2.75, 3.05) is 18.5 Å². The molecular weight excluding hydrogens is 268 g/mol. The van der Waals surface area contributed by atoms with Gasteiger partial charge < -0.3 is 20.5 Å². The van der Waals surface area contributed by atoms with Crippen molar-refractivity contribution >= 4 is 11.7 Å². The predicted molar refractivity (Wildman–Crippen MR) is 84.9 cm³/mol. The molecule has 0 aliphatic heterocycles. The fourth-order valence-electron chi connectivity index (χ4n) is 1.94. The van der Waals surface area contributed by atoms with Crippen molar-refractivity contribution in [3.05, 3.63) is 23.8 Å². The van der Waals surface area contributed by atoms with Crippen LogP contribution in [0.4, 0.5) is 10.5 Å². The van der Waals surface area contributed by atoms with Crippen LogP contribution in [-0.2, 0) is 0 Å². The van der Waals surface area contributed by atoms with Gasteiger partial charge in [0.25, 0.3) is 0 Å². The molecule has 118 valence electrons. The molecule has 0 bridgehead atoms. The van der Waals surface area contributed by atoms with Crippen LogP contribution in [0.5, 0.6) is 5.75 Å². The Kier molecular flexibility index (Phi) is 6.49. The Bertz CT molecular complexity index is 471. The van der Waals surface area contributed by atoms with Gasteiger partial charge in [-0.25, -0.2) is 4.79 Å². The van der Waals surface area contributed by atoms with Crippen molar-refractivity contribution in [2.45, 2.75) is 46.1 Å². The first-order chi connectivity index (χ1) is 9.94. The van der Waals surface area contributed by atoms with Crippen LogP contribution < -0.4 is 15.4 Å². The fraction of sp³-hybridized carbons (Fsp3) is 0.562. The summed E-state index contributed by atoms with van der Waals surface area (Å²) in [6.45, 7) is 8.49. The van der Waals surface area contributed by atoms with Crippen molar-refractivity contribution in [1.29, 1.82) is 0 Å². The number of hydrogen-bond acceptors (Lipinski definition) is 3. The molecule has 0 saturated heterocycles. The van der Waals surface area contributed by atoms with Crippen LogP contribution >= 0.6 is 0 Å². The zero-order valence-corrected chi connectivity index (χ0v) is 13.3. The van der Waals surface area contributed by atoms with Gasteiger partial charge >= 0.3 is 6.03 Å². The molecule has 0 aromatic heterocycles. The zero-order valence-electron chi connectivity index (χ0n) is 13.3. The van der Waals surface area contributed by atoms with Crippen LogP contribution in [0.15, 0.2) is 18.2 Å². The number of rotatable bonds is 7. The Morgan fingerprint density at radius 1 is 1.29 bits per heavy atom. The van der Waals surface area contributed by atoms with Crippen molar-refractivity contribution in [3.8, 4) is 5.75 Å². The topological polar surface area (TPSA) is 70.6 Å². The first kappa shape index (κ1) is 17.3. The van der Waals surface area contributed by atoms with E-state index in [1.165, 1.54) is 0 Å². The standard InChI is InChI=1S/C16H26N2O3/c1-5-16(20,6-2)11-17-15(19)18-14-9-8-13(21-7-3)10-12(14)4/h8-10,20H,5-7,11H2,1-4H3,(H2,17,18,19). The average Bonchev–Trinajstić information content (AvgIpc) is 2.48. The number of nitrogens with one attached hydrogen (secondary N) is 2. The van der Waals surface area contributed by atoms with Crippen LogP contribution in [0.3, 0.4) is 0 Å². The molecule has 0 saturated carbocycles. The molecule has 0 heterocycles. The van der Waals surface area contributed by atoms with E-state index < -0.39 is 5.60 Å². The molecule has 0 spiro atoms. The maximum Gasteiger partial charge on any atom is 0.319 e. The maximum atomic E-state index is 11.9. The minimum atomic E-state index is -0.842. The van der Waals surface area contributed by atoms with Gasteiger partial charge in [-0.1, -0.05) is 13.8 Å². The number of aryl methyl sites for hydroxylation is 1. The Balaban J connectivity index is 2.59. The molecule has 0 unspecified atom stereocenters. The summed E-state index contributed by atoms with van der Waals surface area (Å²) in [5, 5.41) is 15.6. The van der Waals surface area contributed by atoms with E-state index in [4.69, 9.17) is 4.74 Å². The van der Waals surface area contributed by atoms with Crippen LogP contribution in [0.2, 0.25) is 0 Å². The summed E-state index contributed by atoms with van der Waals surface area (Å²) in [7, 11) is 0. The van der Waals surface area contributed by atoms with E-state index in [-0.39, 0.29) is 12.6 Å². The Morgan fingerprint density at radius 3 is 2.48 bits per heavy atom. The molecule has 0 aliphatic carbocycles. The van der Waals surface area contributed by atoms with Crippen molar-refractivity contribution in [1.82, 2.24) is 5.32 Å². The van der Waals surface area contributed by atoms with Gasteiger partial charge in [0, 0.05) is 12.2 Å². The summed E-state index contributed by atoms with van der Waals surface area (Å²) in [6.07, 6.45) is 1.21. The largest absolute Gasteiger partial charge is 0.494 e. The minimum Gasteiger partial charge on any atom is -0.494 e. The molecular formula is C16H26N2O3. The molecule has 0 fully saturated rings. The molecule has 5 heteroatoms. The van der Waals surface area contributed by atoms with E-state index >= 15 is 0 Å². The summed E-state index contributed by atoms with van der Waals surface area (Å²) < 4.78 is 5.41. The van der Waals surface area contributed by atoms with Gasteiger partial charge in [-0.15, -0.1) is 0 Å². The number of anilines is 1. The normalized spacial score (nSPS) is 11.1. The summed E-state index contributed by atoms with van der Waals surface area (Å²) in [5.41, 5.74) is 0.815. The maximum absolute atomic E-state index is 11.9. The summed E-state index contributed by atoms with van der Waals surface area (Å²) in [5.74, 6) is 0.785. The second-order valence-electron chi connectivity index (χ2n) is 5.15. The summed E-state index contributed by atoms with van der Waals surface area (Å²) in [6, 6.07) is 5.20. The van der Waals surface area contributed by atoms with Gasteiger partial charge in [-0.3, -0.25) is 0 Å². The van der Waals surface area contributed by atoms with Gasteiger partial charge in [-0.2, -0.15) is 0 Å². The third kappa shape index (κ3) is 5.27. The number of benzene rings is 1. The third-order valence-corrected chi connectivity index (χ3v) is 3.65. The van der Waals surface area contributed by atoms with Gasteiger partial charge in [0.05, 0.1) is 12.2 Å². The number of ether oxygens (including phenoxy) is 1. The molecule has 3 N–H and O–H groups in total. The minimum absolute atomic E-state index is 0.238. The van der Waals surface area contributed by atoms with Crippen LogP contribution in [0, 0.1) is 6.92 Å². The lowest BCUT2D eigenvalue weighted by atomic mass is 9.98. The Hall–Kier alpha value is -1.75. The van der Waals surface area contributed by atoms with Crippen LogP contribution in [-0.4, -0.2) is 29.9 Å². The highest BCUT2D eigenvalue weighted by Gasteiger charge is 2.22. The number of hydrogen-bond donors (Lipinski definition) is 3. The summed E-state index contributed by atoms with van der Waals surface area (Å²) >= 11 is 0. The average molecular weight is 294 g/mol. The summed E-state index contributed by atoms with van der Waals surface area (Å²) in [4.78, 5) is 11.9. The van der Waals surface area contributed by atoms with Gasteiger partial charge in [0.1, 0.15) is 5.75 Å². The van der Waals surface area contributed by atoms with Gasteiger partial charge in [0.15, 0.2) is 0 Å². The highest BCUT2D eigenvalue weighted by molar-refractivity contribution is 5.90. The number of urea groups is 1. The first-order valence-electron chi connectivity index (χ1n) is 7.44. The van der Waals surface area contributed by atoms with E-state index in [9.17, 15) is 9.90 Å². The molecule has 0 aliphatic rings. The van der Waals surface area contributed by atoms with Crippen LogP contribution in [0.25, 0.3) is 0 Å². The molecule has 1 rings (SSSR count). The van der Waals surface area contributed by atoms with Crippen molar-refractivity contribution < 1.29 is 14.6 Å². The molecule has 0 radical (unpaired) electrons. The highest BCUT2D eigenvalue weighted by Crippen LogP contribution is 2.21. The first-order valence-corrected chi connectivity index (χ1v) is 7.44. The molecule has 21 heavy (non-hydrogen) atoms. The number of aliphatic hydroxyl groups is 1. The molecule has 2 amide bonds. The number of carbonyl (C=O) groups is 1. The van der Waals surface area contributed by atoms with E-state index in [0.29, 0.717) is 19.4 Å². The zero-order chi connectivity index (χ0) is 15.9. The van der Waals surface area contributed by atoms with Gasteiger partial charge in [0.2, 0.25) is 0 Å². The Morgan fingerprint density at radius 2 is 1.95 bits per heavy atom. The second-order valence-corrected chi connectivity index (χ2v) is 5.15. The predicted octanol–water partition coefficient (Wildman–Crippen LogP) is 3.07. The molecule has 1 aromatic rings. The number of carbonyl (C=O) groups excluding carboxylic acids is 1. The SMILES string of the molecule is CCOc1ccc(NC(=O)NCC(O)(CC)CC)c(C)c1. The van der Waals surface area contributed by atoms with E-state index in [1.54, 1.807) is 0 Å². The molecule has 1 aromatic carbocycles. The van der Waals surface area contributed by atoms with E-state index in [0.717, 1.165) is 17.0 Å². The quantitative estimate of drug-likeness (QED) is 0.724. The monoisotopic (exact) mass is 294 g/mol. The van der Waals surface area contributed by atoms with Gasteiger partial charge in [-0.05, 0) is 50.5 Å². The lowest BCUT2D eigenvalue weighted by molar-refractivity contribution is 0.0354. The fourth-order valence-corrected chi connectivity index (χ4v) is 1.94. The smallest absolute Gasteiger partial charge is 0.319 e. The lowest BCUT2D eigenvalue weighted by Gasteiger charge is -2.25. The lowest BCUT2D eigenvalue weighted by Crippen LogP contribution is -2.43. The number of amides is 2. The third-order valence-electron chi connectivity index (χ3n) is 3.65. The van der Waals surface area contributed by atoms with Crippen molar-refractivity contribution in [3.63, 3.8) is 0 Å². The highest BCUT2D eigenvalue weighted by atomic mass is 16.5. The van der Waals surface area contributed by atoms with Crippen LogP contribution in [0.1, 0.15) is 39.2 Å². The van der Waals surface area contributed by atoms with E-state index in [2.05, 4.69) is 10.6 Å². The molecule has 5 nitrogen and oxygen atoms in total.